The minimum absolute atomic E-state index is 0.163. The molecule has 0 aromatic heterocycles. The average molecular weight is 233 g/mol. The molecule has 0 bridgehead atoms. The SMILES string of the molecule is Nc1cc(OS(=O)(=O)O)ccc1C(=O)O. The van der Waals surface area contributed by atoms with Crippen molar-refractivity contribution in [1.82, 2.24) is 0 Å². The summed E-state index contributed by atoms with van der Waals surface area (Å²) < 4.78 is 33.0. The molecule has 0 atom stereocenters. The van der Waals surface area contributed by atoms with Crippen molar-refractivity contribution < 1.29 is 27.1 Å². The van der Waals surface area contributed by atoms with Crippen LogP contribution in [0.25, 0.3) is 0 Å². The van der Waals surface area contributed by atoms with E-state index in [-0.39, 0.29) is 17.0 Å². The smallest absolute Gasteiger partial charge is 0.446 e. The van der Waals surface area contributed by atoms with Gasteiger partial charge in [-0.15, -0.1) is 0 Å². The van der Waals surface area contributed by atoms with E-state index in [1.807, 2.05) is 0 Å². The van der Waals surface area contributed by atoms with Gasteiger partial charge in [0.1, 0.15) is 5.75 Å². The van der Waals surface area contributed by atoms with Crippen molar-refractivity contribution in [2.45, 2.75) is 0 Å². The van der Waals surface area contributed by atoms with Gasteiger partial charge in [0.05, 0.1) is 5.56 Å². The summed E-state index contributed by atoms with van der Waals surface area (Å²) in [5.41, 5.74) is 4.96. The van der Waals surface area contributed by atoms with Gasteiger partial charge < -0.3 is 15.0 Å². The number of aromatic carboxylic acids is 1. The highest BCUT2D eigenvalue weighted by atomic mass is 32.3. The molecular weight excluding hydrogens is 226 g/mol. The first kappa shape index (κ1) is 11.3. The zero-order chi connectivity index (χ0) is 11.6. The molecule has 0 unspecified atom stereocenters. The second-order valence-corrected chi connectivity index (χ2v) is 3.59. The number of carbonyl (C=O) groups is 1. The Labute approximate surface area is 85.0 Å². The minimum Gasteiger partial charge on any atom is -0.478 e. The molecule has 4 N–H and O–H groups in total. The first-order valence-electron chi connectivity index (χ1n) is 3.59. The molecule has 0 saturated carbocycles. The molecule has 7 nitrogen and oxygen atoms in total. The van der Waals surface area contributed by atoms with Gasteiger partial charge in [-0.3, -0.25) is 4.55 Å². The highest BCUT2D eigenvalue weighted by molar-refractivity contribution is 7.81. The number of nitrogen functional groups attached to an aromatic ring is 1. The Balaban J connectivity index is 3.07. The Morgan fingerprint density at radius 3 is 2.40 bits per heavy atom. The number of hydrogen-bond acceptors (Lipinski definition) is 5. The second kappa shape index (κ2) is 3.75. The fourth-order valence-corrected chi connectivity index (χ4v) is 1.26. The largest absolute Gasteiger partial charge is 0.478 e. The van der Waals surface area contributed by atoms with Gasteiger partial charge in [-0.05, 0) is 12.1 Å². The van der Waals surface area contributed by atoms with Gasteiger partial charge in [-0.1, -0.05) is 0 Å². The van der Waals surface area contributed by atoms with Crippen molar-refractivity contribution in [3.8, 4) is 5.75 Å². The van der Waals surface area contributed by atoms with E-state index in [0.717, 1.165) is 18.2 Å². The normalized spacial score (nSPS) is 11.0. The van der Waals surface area contributed by atoms with E-state index >= 15 is 0 Å². The summed E-state index contributed by atoms with van der Waals surface area (Å²) in [5.74, 6) is -1.51. The lowest BCUT2D eigenvalue weighted by molar-refractivity contribution is 0.0698. The molecule has 1 aromatic carbocycles. The molecule has 8 heteroatoms. The number of anilines is 1. The van der Waals surface area contributed by atoms with Crippen molar-refractivity contribution in [3.05, 3.63) is 23.8 Å². The van der Waals surface area contributed by atoms with Crippen LogP contribution < -0.4 is 9.92 Å². The fraction of sp³-hybridized carbons (Fsp3) is 0. The molecule has 1 aromatic rings. The van der Waals surface area contributed by atoms with Crippen LogP contribution in [-0.2, 0) is 10.4 Å². The highest BCUT2D eigenvalue weighted by Gasteiger charge is 2.11. The van der Waals surface area contributed by atoms with E-state index in [1.165, 1.54) is 0 Å². The standard InChI is InChI=1S/C7H7NO6S/c8-6-3-4(14-15(11,12)13)1-2-5(6)7(9)10/h1-3H,8H2,(H,9,10)(H,11,12,13). The maximum Gasteiger partial charge on any atom is 0.446 e. The molecule has 82 valence electrons. The summed E-state index contributed by atoms with van der Waals surface area (Å²) in [7, 11) is -4.63. The van der Waals surface area contributed by atoms with Crippen molar-refractivity contribution in [3.63, 3.8) is 0 Å². The summed E-state index contributed by atoms with van der Waals surface area (Å²) in [4.78, 5) is 10.5. The summed E-state index contributed by atoms with van der Waals surface area (Å²) in [6.07, 6.45) is 0. The highest BCUT2D eigenvalue weighted by Crippen LogP contribution is 2.20. The Hall–Kier alpha value is -1.80. The zero-order valence-corrected chi connectivity index (χ0v) is 8.06. The second-order valence-electron chi connectivity index (χ2n) is 2.57. The Morgan fingerprint density at radius 2 is 2.00 bits per heavy atom. The molecule has 0 aliphatic carbocycles. The predicted molar refractivity (Wildman–Crippen MR) is 50.0 cm³/mol. The maximum absolute atomic E-state index is 10.5. The Morgan fingerprint density at radius 1 is 1.40 bits per heavy atom. The summed E-state index contributed by atoms with van der Waals surface area (Å²) in [6, 6.07) is 3.11. The van der Waals surface area contributed by atoms with Crippen LogP contribution in [0.5, 0.6) is 5.75 Å². The number of benzene rings is 1. The van der Waals surface area contributed by atoms with Crippen LogP contribution in [0.3, 0.4) is 0 Å². The minimum atomic E-state index is -4.63. The number of carboxylic acid groups (broad SMARTS) is 1. The molecule has 0 heterocycles. The van der Waals surface area contributed by atoms with E-state index < -0.39 is 16.4 Å². The van der Waals surface area contributed by atoms with E-state index in [1.54, 1.807) is 0 Å². The lowest BCUT2D eigenvalue weighted by Gasteiger charge is -2.04. The molecule has 15 heavy (non-hydrogen) atoms. The summed E-state index contributed by atoms with van der Waals surface area (Å²) in [5, 5.41) is 8.60. The van der Waals surface area contributed by atoms with Crippen LogP contribution in [0.2, 0.25) is 0 Å². The molecule has 0 radical (unpaired) electrons. The lowest BCUT2D eigenvalue weighted by Crippen LogP contribution is -2.08. The van der Waals surface area contributed by atoms with E-state index in [4.69, 9.17) is 15.4 Å². The first-order valence-corrected chi connectivity index (χ1v) is 4.96. The summed E-state index contributed by atoms with van der Waals surface area (Å²) >= 11 is 0. The number of carboxylic acids is 1. The molecule has 0 fully saturated rings. The molecule has 0 aliphatic heterocycles. The topological polar surface area (TPSA) is 127 Å². The van der Waals surface area contributed by atoms with E-state index in [9.17, 15) is 13.2 Å². The van der Waals surface area contributed by atoms with Crippen molar-refractivity contribution in [2.75, 3.05) is 5.73 Å². The quantitative estimate of drug-likeness (QED) is 0.500. The first-order chi connectivity index (χ1) is 6.79. The number of nitrogens with two attached hydrogens (primary N) is 1. The van der Waals surface area contributed by atoms with Gasteiger partial charge in [0.2, 0.25) is 0 Å². The number of hydrogen-bond donors (Lipinski definition) is 3. The van der Waals surface area contributed by atoms with Crippen molar-refractivity contribution >= 4 is 22.1 Å². The van der Waals surface area contributed by atoms with Crippen molar-refractivity contribution in [1.29, 1.82) is 0 Å². The lowest BCUT2D eigenvalue weighted by atomic mass is 10.2. The van der Waals surface area contributed by atoms with Crippen LogP contribution in [0.15, 0.2) is 18.2 Å². The monoisotopic (exact) mass is 233 g/mol. The maximum atomic E-state index is 10.5. The third-order valence-corrected chi connectivity index (χ3v) is 1.86. The van der Waals surface area contributed by atoms with Crippen molar-refractivity contribution in [2.24, 2.45) is 0 Å². The van der Waals surface area contributed by atoms with Crippen LogP contribution in [0.1, 0.15) is 10.4 Å². The summed E-state index contributed by atoms with van der Waals surface area (Å²) in [6.45, 7) is 0. The third-order valence-electron chi connectivity index (χ3n) is 1.45. The molecule has 0 amide bonds. The van der Waals surface area contributed by atoms with Crippen LogP contribution in [0, 0.1) is 0 Å². The Kier molecular flexibility index (Phi) is 2.82. The molecule has 1 rings (SSSR count). The van der Waals surface area contributed by atoms with Gasteiger partial charge in [-0.2, -0.15) is 8.42 Å². The van der Waals surface area contributed by atoms with Gasteiger partial charge in [-0.25, -0.2) is 4.79 Å². The molecular formula is C7H7NO6S. The molecule has 0 aliphatic rings. The molecule has 0 spiro atoms. The van der Waals surface area contributed by atoms with Crippen LogP contribution in [0.4, 0.5) is 5.69 Å². The van der Waals surface area contributed by atoms with Gasteiger partial charge in [0, 0.05) is 11.8 Å². The zero-order valence-electron chi connectivity index (χ0n) is 7.25. The van der Waals surface area contributed by atoms with Gasteiger partial charge in [0.25, 0.3) is 0 Å². The Bertz CT molecular complexity index is 494. The fourth-order valence-electron chi connectivity index (χ4n) is 0.909. The van der Waals surface area contributed by atoms with E-state index in [2.05, 4.69) is 4.18 Å². The molecule has 0 saturated heterocycles. The van der Waals surface area contributed by atoms with Crippen LogP contribution >= 0.6 is 0 Å². The van der Waals surface area contributed by atoms with Gasteiger partial charge >= 0.3 is 16.4 Å². The number of rotatable bonds is 3. The third kappa shape index (κ3) is 3.11. The van der Waals surface area contributed by atoms with Gasteiger partial charge in [0.15, 0.2) is 0 Å². The average Bonchev–Trinajstić information content (AvgIpc) is 1.99. The van der Waals surface area contributed by atoms with E-state index in [0.29, 0.717) is 0 Å². The van der Waals surface area contributed by atoms with Crippen LogP contribution in [-0.4, -0.2) is 24.0 Å². The predicted octanol–water partition coefficient (Wildman–Crippen LogP) is 0.149.